The number of fused-ring (bicyclic) bond motifs is 1. The summed E-state index contributed by atoms with van der Waals surface area (Å²) in [5.41, 5.74) is 0. The first-order chi connectivity index (χ1) is 13.2. The average Bonchev–Trinajstić information content (AvgIpc) is 3.27. The molecule has 2 aromatic rings. The molecule has 2 aromatic heterocycles. The van der Waals surface area contributed by atoms with Gasteiger partial charge in [0.2, 0.25) is 0 Å². The van der Waals surface area contributed by atoms with Crippen molar-refractivity contribution in [2.75, 3.05) is 26.3 Å². The Balaban J connectivity index is 0.000000659. The zero-order valence-corrected chi connectivity index (χ0v) is 15.8. The third-order valence-corrected chi connectivity index (χ3v) is 5.14. The van der Waals surface area contributed by atoms with E-state index in [1.54, 1.807) is 0 Å². The van der Waals surface area contributed by atoms with Crippen molar-refractivity contribution in [1.82, 2.24) is 29.2 Å². The maximum atomic E-state index is 8.36. The Morgan fingerprint density at radius 3 is 2.81 bits per heavy atom. The smallest absolute Gasteiger partial charge is 0.290 e. The Kier molecular flexibility index (Phi) is 6.94. The summed E-state index contributed by atoms with van der Waals surface area (Å²) >= 11 is 0. The van der Waals surface area contributed by atoms with Crippen LogP contribution in [0.3, 0.4) is 0 Å². The van der Waals surface area contributed by atoms with Crippen LogP contribution in [0.2, 0.25) is 0 Å². The fourth-order valence-corrected chi connectivity index (χ4v) is 3.63. The van der Waals surface area contributed by atoms with E-state index in [1.807, 2.05) is 6.20 Å². The molecule has 1 N–H and O–H groups in total. The van der Waals surface area contributed by atoms with Gasteiger partial charge in [-0.3, -0.25) is 9.69 Å². The van der Waals surface area contributed by atoms with Gasteiger partial charge in [-0.25, -0.2) is 14.6 Å². The van der Waals surface area contributed by atoms with Gasteiger partial charge in [0.05, 0.1) is 13.1 Å². The predicted molar refractivity (Wildman–Crippen MR) is 98.4 cm³/mol. The van der Waals surface area contributed by atoms with Crippen LogP contribution in [0.4, 0.5) is 0 Å². The van der Waals surface area contributed by atoms with Crippen LogP contribution in [0.5, 0.6) is 0 Å². The number of carboxylic acid groups (broad SMARTS) is 1. The molecule has 4 heterocycles. The number of nitrogens with zero attached hydrogens (tertiary/aromatic N) is 6. The average molecular weight is 376 g/mol. The largest absolute Gasteiger partial charge is 0.483 e. The van der Waals surface area contributed by atoms with Crippen LogP contribution >= 0.6 is 0 Å². The molecule has 0 aromatic carbocycles. The molecule has 1 saturated heterocycles. The number of carbonyl (C=O) groups is 1. The predicted octanol–water partition coefficient (Wildman–Crippen LogP) is 1.15. The molecule has 0 radical (unpaired) electrons. The van der Waals surface area contributed by atoms with Gasteiger partial charge >= 0.3 is 0 Å². The summed E-state index contributed by atoms with van der Waals surface area (Å²) in [6.07, 6.45) is 7.01. The maximum Gasteiger partial charge on any atom is 0.290 e. The van der Waals surface area contributed by atoms with Crippen LogP contribution in [-0.2, 0) is 35.6 Å². The molecular formula is C18H28N6O3. The summed E-state index contributed by atoms with van der Waals surface area (Å²) in [6, 6.07) is 0. The quantitative estimate of drug-likeness (QED) is 0.799. The molecule has 1 fully saturated rings. The molecule has 0 spiro atoms. The van der Waals surface area contributed by atoms with Crippen molar-refractivity contribution in [3.05, 3.63) is 29.9 Å². The first-order valence-electron chi connectivity index (χ1n) is 9.56. The minimum absolute atomic E-state index is 0.250. The van der Waals surface area contributed by atoms with Gasteiger partial charge in [0.25, 0.3) is 6.47 Å². The van der Waals surface area contributed by atoms with Gasteiger partial charge in [0, 0.05) is 57.6 Å². The molecule has 0 unspecified atom stereocenters. The minimum atomic E-state index is -0.250. The van der Waals surface area contributed by atoms with Crippen molar-refractivity contribution < 1.29 is 14.6 Å². The van der Waals surface area contributed by atoms with Gasteiger partial charge in [-0.15, -0.1) is 0 Å². The Morgan fingerprint density at radius 1 is 1.30 bits per heavy atom. The second-order valence-electron chi connectivity index (χ2n) is 6.76. The lowest BCUT2D eigenvalue weighted by Crippen LogP contribution is -2.28. The third-order valence-electron chi connectivity index (χ3n) is 5.14. The molecule has 2 aliphatic heterocycles. The van der Waals surface area contributed by atoms with Crippen LogP contribution in [0.15, 0.2) is 12.4 Å². The molecule has 9 heteroatoms. The SMILES string of the molecule is CCn1ccnc1CN1CCc2nc(C3CCOCC3)nn2CC1.O=CO. The van der Waals surface area contributed by atoms with Gasteiger partial charge in [-0.05, 0) is 19.8 Å². The van der Waals surface area contributed by atoms with Gasteiger partial charge in [0.15, 0.2) is 5.82 Å². The second-order valence-corrected chi connectivity index (χ2v) is 6.76. The molecule has 4 rings (SSSR count). The minimum Gasteiger partial charge on any atom is -0.483 e. The lowest BCUT2D eigenvalue weighted by atomic mass is 10.00. The van der Waals surface area contributed by atoms with Crippen LogP contribution in [0.25, 0.3) is 0 Å². The van der Waals surface area contributed by atoms with Crippen LogP contribution in [0, 0.1) is 0 Å². The molecular weight excluding hydrogens is 348 g/mol. The molecule has 0 amide bonds. The van der Waals surface area contributed by atoms with Crippen molar-refractivity contribution in [2.45, 2.75) is 51.7 Å². The van der Waals surface area contributed by atoms with E-state index in [2.05, 4.69) is 32.3 Å². The van der Waals surface area contributed by atoms with Crippen molar-refractivity contribution >= 4 is 6.47 Å². The van der Waals surface area contributed by atoms with Crippen molar-refractivity contribution in [3.8, 4) is 0 Å². The molecule has 0 atom stereocenters. The Morgan fingerprint density at radius 2 is 2.07 bits per heavy atom. The van der Waals surface area contributed by atoms with E-state index in [4.69, 9.17) is 24.7 Å². The second kappa shape index (κ2) is 9.61. The molecule has 27 heavy (non-hydrogen) atoms. The summed E-state index contributed by atoms with van der Waals surface area (Å²) in [5.74, 6) is 3.79. The summed E-state index contributed by atoms with van der Waals surface area (Å²) in [7, 11) is 0. The van der Waals surface area contributed by atoms with Crippen molar-refractivity contribution in [1.29, 1.82) is 0 Å². The topological polar surface area (TPSA) is 98.3 Å². The van der Waals surface area contributed by atoms with Crippen LogP contribution in [0.1, 0.15) is 43.2 Å². The Labute approximate surface area is 159 Å². The summed E-state index contributed by atoms with van der Waals surface area (Å²) in [5, 5.41) is 11.7. The van der Waals surface area contributed by atoms with E-state index in [0.717, 1.165) is 82.7 Å². The van der Waals surface area contributed by atoms with Gasteiger partial charge < -0.3 is 14.4 Å². The van der Waals surface area contributed by atoms with Crippen molar-refractivity contribution in [3.63, 3.8) is 0 Å². The first-order valence-corrected chi connectivity index (χ1v) is 9.56. The summed E-state index contributed by atoms with van der Waals surface area (Å²) in [4.78, 5) is 20.2. The highest BCUT2D eigenvalue weighted by Gasteiger charge is 2.24. The Bertz CT molecular complexity index is 697. The monoisotopic (exact) mass is 376 g/mol. The zero-order valence-electron chi connectivity index (χ0n) is 15.8. The maximum absolute atomic E-state index is 8.36. The molecule has 2 aliphatic rings. The van der Waals surface area contributed by atoms with E-state index in [1.165, 1.54) is 0 Å². The fraction of sp³-hybridized carbons (Fsp3) is 0.667. The molecule has 9 nitrogen and oxygen atoms in total. The van der Waals surface area contributed by atoms with E-state index in [-0.39, 0.29) is 6.47 Å². The van der Waals surface area contributed by atoms with E-state index in [9.17, 15) is 0 Å². The summed E-state index contributed by atoms with van der Waals surface area (Å²) in [6.45, 7) is 8.39. The number of imidazole rings is 1. The molecule has 0 aliphatic carbocycles. The molecule has 0 saturated carbocycles. The van der Waals surface area contributed by atoms with Crippen LogP contribution in [-0.4, -0.2) is 67.1 Å². The van der Waals surface area contributed by atoms with E-state index < -0.39 is 0 Å². The number of rotatable bonds is 4. The van der Waals surface area contributed by atoms with Gasteiger partial charge in [0.1, 0.15) is 11.6 Å². The number of aryl methyl sites for hydroxylation is 1. The van der Waals surface area contributed by atoms with E-state index in [0.29, 0.717) is 5.92 Å². The standard InChI is InChI=1S/C17H26N6O.CH2O2/c1-2-22-8-6-18-16(22)13-21-7-3-15-19-17(20-23(15)10-9-21)14-4-11-24-12-5-14;2-1-3/h6,8,14H,2-5,7,9-13H2,1H3;1H,(H,2,3). The number of aromatic nitrogens is 5. The normalized spacial score (nSPS) is 18.3. The highest BCUT2D eigenvalue weighted by Crippen LogP contribution is 2.25. The van der Waals surface area contributed by atoms with Crippen LogP contribution < -0.4 is 0 Å². The number of hydrogen-bond donors (Lipinski definition) is 1. The van der Waals surface area contributed by atoms with Gasteiger partial charge in [-0.1, -0.05) is 0 Å². The first kappa shape index (κ1) is 19.5. The molecule has 0 bridgehead atoms. The summed E-state index contributed by atoms with van der Waals surface area (Å²) < 4.78 is 9.78. The van der Waals surface area contributed by atoms with E-state index >= 15 is 0 Å². The number of hydrogen-bond acceptors (Lipinski definition) is 6. The zero-order chi connectivity index (χ0) is 19.1. The highest BCUT2D eigenvalue weighted by molar-refractivity contribution is 5.32. The lowest BCUT2D eigenvalue weighted by molar-refractivity contribution is -0.122. The molecule has 148 valence electrons. The lowest BCUT2D eigenvalue weighted by Gasteiger charge is -2.20. The number of ether oxygens (including phenoxy) is 1. The van der Waals surface area contributed by atoms with Crippen molar-refractivity contribution in [2.24, 2.45) is 0 Å². The van der Waals surface area contributed by atoms with Gasteiger partial charge in [-0.2, -0.15) is 5.10 Å². The fourth-order valence-electron chi connectivity index (χ4n) is 3.63. The Hall–Kier alpha value is -2.26. The highest BCUT2D eigenvalue weighted by atomic mass is 16.5. The third kappa shape index (κ3) is 4.92.